The molecule has 0 atom stereocenters. The van der Waals surface area contributed by atoms with Crippen molar-refractivity contribution in [3.8, 4) is 6.07 Å². The molecule has 0 spiro atoms. The van der Waals surface area contributed by atoms with E-state index < -0.39 is 0 Å². The van der Waals surface area contributed by atoms with E-state index in [1.165, 1.54) is 5.69 Å². The number of unbranched alkanes of at least 4 members (excludes halogenated alkanes) is 1. The third kappa shape index (κ3) is 6.25. The number of aryl methyl sites for hydroxylation is 1. The van der Waals surface area contributed by atoms with Crippen LogP contribution in [-0.2, 0) is 13.1 Å². The molecule has 1 rings (SSSR count). The molecule has 0 amide bonds. The smallest absolute Gasteiger partial charge is 0.0683 e. The highest BCUT2D eigenvalue weighted by molar-refractivity contribution is 5.06. The van der Waals surface area contributed by atoms with E-state index in [9.17, 15) is 0 Å². The first-order valence-corrected chi connectivity index (χ1v) is 7.70. The minimum atomic E-state index is -0.182. The van der Waals surface area contributed by atoms with Crippen LogP contribution in [0.25, 0.3) is 0 Å². The predicted molar refractivity (Wildman–Crippen MR) is 84.2 cm³/mol. The molecule has 1 aromatic rings. The molecule has 0 bridgehead atoms. The second kappa shape index (κ2) is 8.11. The van der Waals surface area contributed by atoms with E-state index >= 15 is 0 Å². The molecule has 1 N–H and O–H groups in total. The second-order valence-electron chi connectivity index (χ2n) is 6.67. The largest absolute Gasteiger partial charge is 0.350 e. The van der Waals surface area contributed by atoms with E-state index in [1.807, 2.05) is 13.8 Å². The zero-order valence-electron chi connectivity index (χ0n) is 13.4. The molecule has 0 saturated heterocycles. The summed E-state index contributed by atoms with van der Waals surface area (Å²) in [5.74, 6) is 0.687. The highest BCUT2D eigenvalue weighted by Crippen LogP contribution is 2.21. The van der Waals surface area contributed by atoms with Gasteiger partial charge < -0.3 is 9.88 Å². The maximum Gasteiger partial charge on any atom is 0.0683 e. The van der Waals surface area contributed by atoms with Crippen LogP contribution in [0.15, 0.2) is 18.3 Å². The van der Waals surface area contributed by atoms with Gasteiger partial charge in [0.25, 0.3) is 0 Å². The Hall–Kier alpha value is -1.27. The van der Waals surface area contributed by atoms with Crippen molar-refractivity contribution in [2.24, 2.45) is 11.3 Å². The van der Waals surface area contributed by atoms with Crippen molar-refractivity contribution in [2.45, 2.75) is 60.0 Å². The van der Waals surface area contributed by atoms with E-state index in [0.717, 1.165) is 38.9 Å². The molecule has 0 aromatic carbocycles. The molecule has 0 aliphatic carbocycles. The third-order valence-electron chi connectivity index (χ3n) is 3.54. The molecular weight excluding hydrogens is 246 g/mol. The van der Waals surface area contributed by atoms with Crippen LogP contribution >= 0.6 is 0 Å². The number of rotatable bonds is 9. The topological polar surface area (TPSA) is 40.8 Å². The first-order chi connectivity index (χ1) is 9.44. The minimum absolute atomic E-state index is 0.182. The lowest BCUT2D eigenvalue weighted by atomic mass is 9.89. The molecule has 3 nitrogen and oxygen atoms in total. The number of hydrogen-bond acceptors (Lipinski definition) is 2. The number of nitrogens with zero attached hydrogens (tertiary/aromatic N) is 2. The molecule has 0 aliphatic heterocycles. The van der Waals surface area contributed by atoms with Crippen molar-refractivity contribution >= 4 is 0 Å². The average molecular weight is 275 g/mol. The molecule has 0 saturated carbocycles. The van der Waals surface area contributed by atoms with Gasteiger partial charge in [-0.2, -0.15) is 5.26 Å². The third-order valence-corrected chi connectivity index (χ3v) is 3.54. The van der Waals surface area contributed by atoms with E-state index in [2.05, 4.69) is 48.1 Å². The van der Waals surface area contributed by atoms with Crippen LogP contribution < -0.4 is 5.32 Å². The Bertz CT molecular complexity index is 424. The predicted octanol–water partition coefficient (Wildman–Crippen LogP) is 3.95. The number of hydrogen-bond donors (Lipinski definition) is 1. The average Bonchev–Trinajstić information content (AvgIpc) is 2.82. The lowest BCUT2D eigenvalue weighted by Gasteiger charge is -2.15. The normalized spacial score (nSPS) is 11.8. The highest BCUT2D eigenvalue weighted by atomic mass is 15.0. The summed E-state index contributed by atoms with van der Waals surface area (Å²) in [4.78, 5) is 0. The molecular formula is C17H29N3. The summed E-state index contributed by atoms with van der Waals surface area (Å²) in [6.45, 7) is 11.5. The lowest BCUT2D eigenvalue weighted by molar-refractivity contribution is 0.415. The Morgan fingerprint density at radius 1 is 1.35 bits per heavy atom. The second-order valence-corrected chi connectivity index (χ2v) is 6.67. The fourth-order valence-corrected chi connectivity index (χ4v) is 2.22. The van der Waals surface area contributed by atoms with Crippen molar-refractivity contribution in [2.75, 3.05) is 6.54 Å². The zero-order valence-corrected chi connectivity index (χ0v) is 13.4. The van der Waals surface area contributed by atoms with E-state index in [0.29, 0.717) is 5.92 Å². The number of nitrogens with one attached hydrogen (secondary N) is 1. The van der Waals surface area contributed by atoms with Gasteiger partial charge in [-0.3, -0.25) is 0 Å². The number of aromatic nitrogens is 1. The van der Waals surface area contributed by atoms with Gasteiger partial charge in [-0.25, -0.2) is 0 Å². The molecule has 0 unspecified atom stereocenters. The van der Waals surface area contributed by atoms with Gasteiger partial charge in [0.2, 0.25) is 0 Å². The van der Waals surface area contributed by atoms with Crippen LogP contribution in [0.1, 0.15) is 52.7 Å². The fraction of sp³-hybridized carbons (Fsp3) is 0.706. The van der Waals surface area contributed by atoms with Crippen molar-refractivity contribution in [1.82, 2.24) is 9.88 Å². The van der Waals surface area contributed by atoms with Crippen LogP contribution in [0.4, 0.5) is 0 Å². The molecule has 112 valence electrons. The van der Waals surface area contributed by atoms with Crippen LogP contribution in [0.2, 0.25) is 0 Å². The van der Waals surface area contributed by atoms with Crippen LogP contribution in [-0.4, -0.2) is 11.1 Å². The Balaban J connectivity index is 2.31. The highest BCUT2D eigenvalue weighted by Gasteiger charge is 2.15. The van der Waals surface area contributed by atoms with Gasteiger partial charge >= 0.3 is 0 Å². The van der Waals surface area contributed by atoms with Gasteiger partial charge in [0, 0.05) is 25.0 Å². The van der Waals surface area contributed by atoms with Gasteiger partial charge in [-0.05, 0) is 51.3 Å². The van der Waals surface area contributed by atoms with Crippen molar-refractivity contribution in [3.63, 3.8) is 0 Å². The lowest BCUT2D eigenvalue weighted by Crippen LogP contribution is -2.20. The fourth-order valence-electron chi connectivity index (χ4n) is 2.22. The van der Waals surface area contributed by atoms with Crippen LogP contribution in [0.3, 0.4) is 0 Å². The van der Waals surface area contributed by atoms with Crippen LogP contribution in [0, 0.1) is 22.7 Å². The minimum Gasteiger partial charge on any atom is -0.350 e. The summed E-state index contributed by atoms with van der Waals surface area (Å²) >= 11 is 0. The Morgan fingerprint density at radius 2 is 2.10 bits per heavy atom. The van der Waals surface area contributed by atoms with Gasteiger partial charge in [-0.15, -0.1) is 0 Å². The van der Waals surface area contributed by atoms with Gasteiger partial charge in [-0.1, -0.05) is 20.3 Å². The molecule has 0 aliphatic rings. The summed E-state index contributed by atoms with van der Waals surface area (Å²) < 4.78 is 2.33. The Labute approximate surface area is 124 Å². The molecule has 1 aromatic heterocycles. The quantitative estimate of drug-likeness (QED) is 0.693. The molecule has 0 radical (unpaired) electrons. The number of nitriles is 1. The van der Waals surface area contributed by atoms with Crippen molar-refractivity contribution in [3.05, 3.63) is 24.0 Å². The molecule has 20 heavy (non-hydrogen) atoms. The van der Waals surface area contributed by atoms with E-state index in [4.69, 9.17) is 5.26 Å². The zero-order chi connectivity index (χ0) is 15.0. The maximum atomic E-state index is 9.00. The summed E-state index contributed by atoms with van der Waals surface area (Å²) in [6, 6.07) is 6.67. The summed E-state index contributed by atoms with van der Waals surface area (Å²) in [6.07, 6.45) is 5.38. The summed E-state index contributed by atoms with van der Waals surface area (Å²) in [7, 11) is 0. The first-order valence-electron chi connectivity index (χ1n) is 7.70. The van der Waals surface area contributed by atoms with E-state index in [1.54, 1.807) is 0 Å². The van der Waals surface area contributed by atoms with Gasteiger partial charge in [0.15, 0.2) is 0 Å². The molecule has 1 heterocycles. The standard InChI is InChI=1S/C17H29N3/c1-15(2)12-19-13-16-8-7-11-20(16)10-6-5-9-17(3,4)14-18/h7-8,11,15,19H,5-6,9-10,12-13H2,1-4H3. The Morgan fingerprint density at radius 3 is 2.75 bits per heavy atom. The summed E-state index contributed by atoms with van der Waals surface area (Å²) in [5.41, 5.74) is 1.17. The maximum absolute atomic E-state index is 9.00. The first kappa shape index (κ1) is 16.8. The monoisotopic (exact) mass is 275 g/mol. The summed E-state index contributed by atoms with van der Waals surface area (Å²) in [5, 5.41) is 12.5. The van der Waals surface area contributed by atoms with Crippen molar-refractivity contribution < 1.29 is 0 Å². The van der Waals surface area contributed by atoms with Crippen LogP contribution in [0.5, 0.6) is 0 Å². The molecule has 0 fully saturated rings. The SMILES string of the molecule is CC(C)CNCc1cccn1CCCCC(C)(C)C#N. The van der Waals surface area contributed by atoms with Crippen molar-refractivity contribution in [1.29, 1.82) is 5.26 Å². The van der Waals surface area contributed by atoms with Gasteiger partial charge in [0.05, 0.1) is 11.5 Å². The van der Waals surface area contributed by atoms with Gasteiger partial charge in [0.1, 0.15) is 0 Å². The molecule has 3 heteroatoms. The Kier molecular flexibility index (Phi) is 6.81. The van der Waals surface area contributed by atoms with E-state index in [-0.39, 0.29) is 5.41 Å².